The Balaban J connectivity index is 2.82. The molecular weight excluding hydrogens is 210 g/mol. The molecule has 2 aromatic heterocycles. The first kappa shape index (κ1) is 8.40. The second kappa shape index (κ2) is 2.93. The zero-order chi connectivity index (χ0) is 9.42. The van der Waals surface area contributed by atoms with Gasteiger partial charge in [-0.1, -0.05) is 11.6 Å². The van der Waals surface area contributed by atoms with Crippen molar-refractivity contribution in [1.29, 1.82) is 0 Å². The van der Waals surface area contributed by atoms with Crippen LogP contribution in [0.2, 0.25) is 5.15 Å². The second-order valence-corrected chi connectivity index (χ2v) is 3.78. The van der Waals surface area contributed by atoms with Crippen LogP contribution < -0.4 is 5.73 Å². The van der Waals surface area contributed by atoms with Gasteiger partial charge in [0.2, 0.25) is 5.95 Å². The van der Waals surface area contributed by atoms with Crippen LogP contribution in [0.1, 0.15) is 9.67 Å². The summed E-state index contributed by atoms with van der Waals surface area (Å²) in [7, 11) is 0. The average Bonchev–Trinajstić information content (AvgIpc) is 2.47. The monoisotopic (exact) mass is 213 g/mol. The van der Waals surface area contributed by atoms with Gasteiger partial charge in [0.05, 0.1) is 4.88 Å². The molecule has 4 nitrogen and oxygen atoms in total. The smallest absolute Gasteiger partial charge is 0.222 e. The number of carbonyl (C=O) groups is 1. The molecule has 6 heteroatoms. The lowest BCUT2D eigenvalue weighted by molar-refractivity contribution is 0.112. The number of nitrogen functional groups attached to an aromatic ring is 1. The molecule has 2 heterocycles. The van der Waals surface area contributed by atoms with Crippen LogP contribution in [0, 0.1) is 0 Å². The van der Waals surface area contributed by atoms with E-state index in [2.05, 4.69) is 9.97 Å². The molecule has 0 spiro atoms. The summed E-state index contributed by atoms with van der Waals surface area (Å²) in [5, 5.41) is 0.954. The third-order valence-corrected chi connectivity index (χ3v) is 2.74. The molecule has 0 saturated carbocycles. The van der Waals surface area contributed by atoms with Gasteiger partial charge < -0.3 is 5.73 Å². The molecule has 13 heavy (non-hydrogen) atoms. The number of anilines is 1. The van der Waals surface area contributed by atoms with Gasteiger partial charge in [0.1, 0.15) is 9.98 Å². The van der Waals surface area contributed by atoms with E-state index < -0.39 is 0 Å². The molecule has 0 amide bonds. The molecule has 0 aliphatic rings. The van der Waals surface area contributed by atoms with Crippen molar-refractivity contribution in [2.24, 2.45) is 0 Å². The van der Waals surface area contributed by atoms with E-state index in [-0.39, 0.29) is 11.1 Å². The van der Waals surface area contributed by atoms with E-state index in [0.29, 0.717) is 15.1 Å². The first-order valence-corrected chi connectivity index (χ1v) is 4.58. The predicted molar refractivity (Wildman–Crippen MR) is 52.2 cm³/mol. The summed E-state index contributed by atoms with van der Waals surface area (Å²) >= 11 is 7.03. The molecule has 0 bridgehead atoms. The molecule has 0 aliphatic heterocycles. The topological polar surface area (TPSA) is 68.9 Å². The van der Waals surface area contributed by atoms with Gasteiger partial charge in [-0.2, -0.15) is 0 Å². The molecule has 66 valence electrons. The largest absolute Gasteiger partial charge is 0.368 e. The number of aldehydes is 1. The summed E-state index contributed by atoms with van der Waals surface area (Å²) < 4.78 is 0. The van der Waals surface area contributed by atoms with Crippen molar-refractivity contribution in [3.8, 4) is 0 Å². The first-order chi connectivity index (χ1) is 6.20. The number of halogens is 1. The highest BCUT2D eigenvalue weighted by atomic mass is 35.5. The van der Waals surface area contributed by atoms with E-state index in [9.17, 15) is 4.79 Å². The van der Waals surface area contributed by atoms with Crippen molar-refractivity contribution >= 4 is 45.4 Å². The Morgan fingerprint density at radius 2 is 2.31 bits per heavy atom. The molecule has 2 N–H and O–H groups in total. The van der Waals surface area contributed by atoms with Crippen LogP contribution in [0.5, 0.6) is 0 Å². The van der Waals surface area contributed by atoms with E-state index in [1.54, 1.807) is 6.07 Å². The Bertz CT molecular complexity index is 482. The molecule has 0 unspecified atom stereocenters. The van der Waals surface area contributed by atoms with E-state index in [0.717, 1.165) is 6.29 Å². The molecule has 0 aliphatic carbocycles. The Hall–Kier alpha value is -1.20. The van der Waals surface area contributed by atoms with Crippen molar-refractivity contribution in [2.45, 2.75) is 0 Å². The third kappa shape index (κ3) is 1.36. The summed E-state index contributed by atoms with van der Waals surface area (Å²) in [4.78, 5) is 19.4. The Morgan fingerprint density at radius 1 is 1.54 bits per heavy atom. The Labute approximate surface area is 82.4 Å². The van der Waals surface area contributed by atoms with Gasteiger partial charge in [0.15, 0.2) is 6.29 Å². The van der Waals surface area contributed by atoms with E-state index in [1.807, 2.05) is 0 Å². The number of nitrogens with two attached hydrogens (primary N) is 1. The number of carbonyl (C=O) groups excluding carboxylic acids is 1. The fraction of sp³-hybridized carbons (Fsp3) is 0. The quantitative estimate of drug-likeness (QED) is 0.579. The maximum absolute atomic E-state index is 10.5. The van der Waals surface area contributed by atoms with E-state index in [1.165, 1.54) is 11.3 Å². The number of thiophene rings is 1. The number of nitrogens with zero attached hydrogens (tertiary/aromatic N) is 2. The molecule has 2 rings (SSSR count). The summed E-state index contributed by atoms with van der Waals surface area (Å²) in [6.07, 6.45) is 0.749. The van der Waals surface area contributed by atoms with Crippen LogP contribution >= 0.6 is 22.9 Å². The van der Waals surface area contributed by atoms with E-state index in [4.69, 9.17) is 17.3 Å². The highest BCUT2D eigenvalue weighted by Gasteiger charge is 2.07. The zero-order valence-electron chi connectivity index (χ0n) is 6.32. The summed E-state index contributed by atoms with van der Waals surface area (Å²) in [6, 6.07) is 1.65. The van der Waals surface area contributed by atoms with Crippen molar-refractivity contribution in [3.63, 3.8) is 0 Å². The van der Waals surface area contributed by atoms with Crippen LogP contribution in [0.25, 0.3) is 10.2 Å². The first-order valence-electron chi connectivity index (χ1n) is 3.38. The van der Waals surface area contributed by atoms with Gasteiger partial charge in [-0.25, -0.2) is 9.97 Å². The van der Waals surface area contributed by atoms with Crippen molar-refractivity contribution in [2.75, 3.05) is 5.73 Å². The van der Waals surface area contributed by atoms with Gasteiger partial charge in [-0.15, -0.1) is 11.3 Å². The number of hydrogen-bond acceptors (Lipinski definition) is 5. The fourth-order valence-electron chi connectivity index (χ4n) is 0.979. The van der Waals surface area contributed by atoms with Crippen molar-refractivity contribution in [1.82, 2.24) is 9.97 Å². The van der Waals surface area contributed by atoms with Gasteiger partial charge in [0, 0.05) is 5.39 Å². The van der Waals surface area contributed by atoms with Gasteiger partial charge >= 0.3 is 0 Å². The highest BCUT2D eigenvalue weighted by molar-refractivity contribution is 7.20. The maximum atomic E-state index is 10.5. The van der Waals surface area contributed by atoms with Crippen molar-refractivity contribution in [3.05, 3.63) is 16.1 Å². The second-order valence-electron chi connectivity index (χ2n) is 2.36. The lowest BCUT2D eigenvalue weighted by Gasteiger charge is -1.93. The van der Waals surface area contributed by atoms with Gasteiger partial charge in [0.25, 0.3) is 0 Å². The number of hydrogen-bond donors (Lipinski definition) is 1. The number of aromatic nitrogens is 2. The third-order valence-electron chi connectivity index (χ3n) is 1.50. The van der Waals surface area contributed by atoms with Gasteiger partial charge in [-0.3, -0.25) is 4.79 Å². The molecule has 0 radical (unpaired) electrons. The standard InChI is InChI=1S/C7H4ClN3OS/c8-5-4-1-3(2-12)13-6(4)11-7(9)10-5/h1-2H,(H2,9,10,11). The lowest BCUT2D eigenvalue weighted by Crippen LogP contribution is -1.93. The lowest BCUT2D eigenvalue weighted by atomic mass is 10.4. The molecular formula is C7H4ClN3OS. The molecule has 0 atom stereocenters. The Morgan fingerprint density at radius 3 is 3.00 bits per heavy atom. The van der Waals surface area contributed by atoms with E-state index >= 15 is 0 Å². The normalized spacial score (nSPS) is 10.5. The molecule has 0 fully saturated rings. The molecule has 2 aromatic rings. The van der Waals surface area contributed by atoms with Crippen LogP contribution in [0.15, 0.2) is 6.07 Å². The van der Waals surface area contributed by atoms with Crippen LogP contribution in [0.3, 0.4) is 0 Å². The highest BCUT2D eigenvalue weighted by Crippen LogP contribution is 2.28. The number of fused-ring (bicyclic) bond motifs is 1. The van der Waals surface area contributed by atoms with Crippen LogP contribution in [0.4, 0.5) is 5.95 Å². The molecule has 0 saturated heterocycles. The predicted octanol–water partition coefficient (Wildman–Crippen LogP) is 1.74. The van der Waals surface area contributed by atoms with Crippen molar-refractivity contribution < 1.29 is 4.79 Å². The van der Waals surface area contributed by atoms with Crippen LogP contribution in [-0.2, 0) is 0 Å². The minimum Gasteiger partial charge on any atom is -0.368 e. The summed E-state index contributed by atoms with van der Waals surface area (Å²) in [6.45, 7) is 0. The SMILES string of the molecule is Nc1nc(Cl)c2cc(C=O)sc2n1. The maximum Gasteiger partial charge on any atom is 0.222 e. The zero-order valence-corrected chi connectivity index (χ0v) is 7.89. The minimum absolute atomic E-state index is 0.122. The fourth-order valence-corrected chi connectivity index (χ4v) is 2.12. The minimum atomic E-state index is 0.122. The summed E-state index contributed by atoms with van der Waals surface area (Å²) in [5.41, 5.74) is 5.39. The molecule has 0 aromatic carbocycles. The summed E-state index contributed by atoms with van der Waals surface area (Å²) in [5.74, 6) is 0.122. The number of rotatable bonds is 1. The van der Waals surface area contributed by atoms with Gasteiger partial charge in [-0.05, 0) is 6.07 Å². The van der Waals surface area contributed by atoms with Crippen LogP contribution in [-0.4, -0.2) is 16.3 Å². The average molecular weight is 214 g/mol. The Kier molecular flexibility index (Phi) is 1.90.